The molecule has 1 heterocycles. The van der Waals surface area contributed by atoms with E-state index in [9.17, 15) is 5.11 Å². The number of hydrogen-bond acceptors (Lipinski definition) is 3. The van der Waals surface area contributed by atoms with Gasteiger partial charge >= 0.3 is 0 Å². The Morgan fingerprint density at radius 1 is 1.42 bits per heavy atom. The summed E-state index contributed by atoms with van der Waals surface area (Å²) >= 11 is 2.05. The highest BCUT2D eigenvalue weighted by atomic mass is 32.2. The predicted octanol–water partition coefficient (Wildman–Crippen LogP) is 3.25. The minimum Gasteiger partial charge on any atom is -0.388 e. The Labute approximate surface area is 121 Å². The second-order valence-corrected chi connectivity index (χ2v) is 7.91. The number of rotatable bonds is 4. The van der Waals surface area contributed by atoms with E-state index in [4.69, 9.17) is 0 Å². The lowest BCUT2D eigenvalue weighted by atomic mass is 10.0. The van der Waals surface area contributed by atoms with Crippen LogP contribution >= 0.6 is 11.8 Å². The highest BCUT2D eigenvalue weighted by Gasteiger charge is 2.26. The lowest BCUT2D eigenvalue weighted by Crippen LogP contribution is -2.43. The van der Waals surface area contributed by atoms with Gasteiger partial charge < -0.3 is 10.0 Å². The molecule has 1 fully saturated rings. The first-order valence-corrected chi connectivity index (χ1v) is 8.06. The van der Waals surface area contributed by atoms with Crippen LogP contribution in [0.25, 0.3) is 0 Å². The van der Waals surface area contributed by atoms with E-state index in [1.54, 1.807) is 0 Å². The summed E-state index contributed by atoms with van der Waals surface area (Å²) in [6, 6.07) is 8.20. The Morgan fingerprint density at radius 3 is 2.89 bits per heavy atom. The molecule has 2 rings (SSSR count). The van der Waals surface area contributed by atoms with Crippen molar-refractivity contribution in [3.05, 3.63) is 35.4 Å². The summed E-state index contributed by atoms with van der Waals surface area (Å²) in [5.41, 5.74) is 2.26. The molecule has 1 N–H and O–H groups in total. The van der Waals surface area contributed by atoms with Crippen molar-refractivity contribution in [1.29, 1.82) is 0 Å². The van der Waals surface area contributed by atoms with Crippen LogP contribution in [-0.4, -0.2) is 40.1 Å². The van der Waals surface area contributed by atoms with Gasteiger partial charge in [0, 0.05) is 30.1 Å². The first-order chi connectivity index (χ1) is 8.96. The quantitative estimate of drug-likeness (QED) is 0.915. The second kappa shape index (κ2) is 6.29. The topological polar surface area (TPSA) is 23.5 Å². The highest BCUT2D eigenvalue weighted by Crippen LogP contribution is 2.30. The molecule has 1 aromatic carbocycles. The van der Waals surface area contributed by atoms with Gasteiger partial charge in [-0.25, -0.2) is 0 Å². The Morgan fingerprint density at radius 2 is 2.21 bits per heavy atom. The summed E-state index contributed by atoms with van der Waals surface area (Å²) in [5.74, 6) is 1.20. The van der Waals surface area contributed by atoms with Gasteiger partial charge in [-0.2, -0.15) is 11.8 Å². The fraction of sp³-hybridized carbons (Fsp3) is 0.625. The van der Waals surface area contributed by atoms with Crippen LogP contribution in [0, 0.1) is 6.92 Å². The van der Waals surface area contributed by atoms with Gasteiger partial charge in [0.15, 0.2) is 0 Å². The van der Waals surface area contributed by atoms with Crippen LogP contribution in [0.4, 0.5) is 0 Å². The Kier molecular flexibility index (Phi) is 4.93. The molecule has 3 heteroatoms. The Balaban J connectivity index is 1.85. The Bertz CT molecular complexity index is 419. The smallest absolute Gasteiger partial charge is 0.0802 e. The lowest BCUT2D eigenvalue weighted by Gasteiger charge is -2.37. The van der Waals surface area contributed by atoms with Gasteiger partial charge in [-0.3, -0.25) is 0 Å². The molecule has 1 aliphatic heterocycles. The van der Waals surface area contributed by atoms with Gasteiger partial charge in [-0.1, -0.05) is 29.8 Å². The van der Waals surface area contributed by atoms with Crippen LogP contribution in [0.5, 0.6) is 0 Å². The molecule has 1 aliphatic rings. The maximum absolute atomic E-state index is 10.3. The summed E-state index contributed by atoms with van der Waals surface area (Å²) in [5, 5.41) is 10.3. The number of hydrogen-bond donors (Lipinski definition) is 1. The zero-order chi connectivity index (χ0) is 13.9. The first kappa shape index (κ1) is 14.9. The standard InChI is InChI=1S/C16H25NOS/c1-13-5-4-6-14(11-13)15(18)7-8-17-9-10-19-16(2,3)12-17/h4-6,11,15,18H,7-10,12H2,1-3H3. The zero-order valence-corrected chi connectivity index (χ0v) is 13.0. The van der Waals surface area contributed by atoms with Gasteiger partial charge in [0.2, 0.25) is 0 Å². The third-order valence-corrected chi connectivity index (χ3v) is 4.95. The maximum atomic E-state index is 10.3. The molecule has 19 heavy (non-hydrogen) atoms. The molecule has 0 aliphatic carbocycles. The third kappa shape index (κ3) is 4.51. The lowest BCUT2D eigenvalue weighted by molar-refractivity contribution is 0.140. The molecular weight excluding hydrogens is 254 g/mol. The van der Waals surface area contributed by atoms with E-state index in [1.165, 1.54) is 11.3 Å². The summed E-state index contributed by atoms with van der Waals surface area (Å²) in [6.45, 7) is 9.94. The van der Waals surface area contributed by atoms with Gasteiger partial charge in [-0.15, -0.1) is 0 Å². The van der Waals surface area contributed by atoms with Crippen molar-refractivity contribution < 1.29 is 5.11 Å². The molecule has 1 saturated heterocycles. The molecule has 0 aromatic heterocycles. The minimum absolute atomic E-state index is 0.336. The van der Waals surface area contributed by atoms with Crippen molar-refractivity contribution in [2.24, 2.45) is 0 Å². The van der Waals surface area contributed by atoms with E-state index >= 15 is 0 Å². The number of aliphatic hydroxyl groups is 1. The normalized spacial score (nSPS) is 21.3. The second-order valence-electron chi connectivity index (χ2n) is 6.10. The molecule has 2 nitrogen and oxygen atoms in total. The number of nitrogens with zero attached hydrogens (tertiary/aromatic N) is 1. The van der Waals surface area contributed by atoms with E-state index < -0.39 is 0 Å². The molecule has 0 amide bonds. The van der Waals surface area contributed by atoms with Crippen molar-refractivity contribution in [1.82, 2.24) is 4.90 Å². The van der Waals surface area contributed by atoms with Crippen molar-refractivity contribution in [2.75, 3.05) is 25.4 Å². The fourth-order valence-corrected chi connectivity index (χ4v) is 3.83. The molecule has 1 atom stereocenters. The molecule has 0 spiro atoms. The summed E-state index contributed by atoms with van der Waals surface area (Å²) in [4.78, 5) is 2.48. The number of benzene rings is 1. The van der Waals surface area contributed by atoms with Crippen molar-refractivity contribution in [3.63, 3.8) is 0 Å². The minimum atomic E-state index is -0.336. The van der Waals surface area contributed by atoms with E-state index in [1.807, 2.05) is 12.1 Å². The van der Waals surface area contributed by atoms with Gasteiger partial charge in [-0.05, 0) is 32.8 Å². The van der Waals surface area contributed by atoms with Crippen LogP contribution in [0.1, 0.15) is 37.5 Å². The van der Waals surface area contributed by atoms with E-state index in [-0.39, 0.29) is 6.10 Å². The molecular formula is C16H25NOS. The fourth-order valence-electron chi connectivity index (χ4n) is 2.65. The third-order valence-electron chi connectivity index (χ3n) is 3.65. The van der Waals surface area contributed by atoms with E-state index in [2.05, 4.69) is 49.6 Å². The molecule has 0 saturated carbocycles. The van der Waals surface area contributed by atoms with E-state index in [0.717, 1.165) is 31.6 Å². The van der Waals surface area contributed by atoms with Crippen molar-refractivity contribution in [3.8, 4) is 0 Å². The molecule has 1 aromatic rings. The van der Waals surface area contributed by atoms with Crippen LogP contribution in [0.2, 0.25) is 0 Å². The molecule has 1 unspecified atom stereocenters. The van der Waals surface area contributed by atoms with Crippen LogP contribution in [-0.2, 0) is 0 Å². The van der Waals surface area contributed by atoms with Gasteiger partial charge in [0.1, 0.15) is 0 Å². The largest absolute Gasteiger partial charge is 0.388 e. The number of thioether (sulfide) groups is 1. The first-order valence-electron chi connectivity index (χ1n) is 7.07. The Hall–Kier alpha value is -0.510. The van der Waals surface area contributed by atoms with Gasteiger partial charge in [0.05, 0.1) is 6.10 Å². The summed E-state index contributed by atoms with van der Waals surface area (Å²) in [7, 11) is 0. The predicted molar refractivity (Wildman–Crippen MR) is 83.7 cm³/mol. The highest BCUT2D eigenvalue weighted by molar-refractivity contribution is 8.00. The van der Waals surface area contributed by atoms with Crippen LogP contribution in [0.3, 0.4) is 0 Å². The molecule has 106 valence electrons. The molecule has 0 bridgehead atoms. The average Bonchev–Trinajstić information content (AvgIpc) is 2.35. The monoisotopic (exact) mass is 279 g/mol. The van der Waals surface area contributed by atoms with Crippen molar-refractivity contribution >= 4 is 11.8 Å². The SMILES string of the molecule is Cc1cccc(C(O)CCN2CCSC(C)(C)C2)c1. The zero-order valence-electron chi connectivity index (χ0n) is 12.2. The van der Waals surface area contributed by atoms with Crippen LogP contribution < -0.4 is 0 Å². The summed E-state index contributed by atoms with van der Waals surface area (Å²) in [6.07, 6.45) is 0.488. The van der Waals surface area contributed by atoms with Crippen molar-refractivity contribution in [2.45, 2.75) is 38.0 Å². The molecule has 0 radical (unpaired) electrons. The number of aryl methyl sites for hydroxylation is 1. The summed E-state index contributed by atoms with van der Waals surface area (Å²) < 4.78 is 0.354. The van der Waals surface area contributed by atoms with Gasteiger partial charge in [0.25, 0.3) is 0 Å². The van der Waals surface area contributed by atoms with Crippen LogP contribution in [0.15, 0.2) is 24.3 Å². The maximum Gasteiger partial charge on any atom is 0.0802 e. The average molecular weight is 279 g/mol. The van der Waals surface area contributed by atoms with E-state index in [0.29, 0.717) is 4.75 Å². The number of aliphatic hydroxyl groups excluding tert-OH is 1.